The fourth-order valence-corrected chi connectivity index (χ4v) is 3.09. The molecule has 2 fully saturated rings. The van der Waals surface area contributed by atoms with Crippen molar-refractivity contribution in [3.63, 3.8) is 0 Å². The van der Waals surface area contributed by atoms with Crippen LogP contribution < -0.4 is 11.1 Å². The van der Waals surface area contributed by atoms with Crippen molar-refractivity contribution in [1.29, 1.82) is 0 Å². The monoisotopic (exact) mass is 412 g/mol. The van der Waals surface area contributed by atoms with Gasteiger partial charge in [-0.2, -0.15) is 0 Å². The number of nitrogens with two attached hydrogens (primary N) is 1. The molecule has 6 nitrogen and oxygen atoms in total. The first kappa shape index (κ1) is 18.9. The van der Waals surface area contributed by atoms with Gasteiger partial charge < -0.3 is 20.5 Å². The molecule has 0 atom stereocenters. The number of ether oxygens (including phenoxy) is 2. The summed E-state index contributed by atoms with van der Waals surface area (Å²) in [6.07, 6.45) is 4.71. The highest BCUT2D eigenvalue weighted by Gasteiger charge is 2.39. The predicted molar refractivity (Wildman–Crippen MR) is 95.4 cm³/mol. The number of halogens is 1. The van der Waals surface area contributed by atoms with E-state index in [-0.39, 0.29) is 29.5 Å². The van der Waals surface area contributed by atoms with Gasteiger partial charge in [0.15, 0.2) is 5.96 Å². The Labute approximate surface area is 144 Å². The van der Waals surface area contributed by atoms with Crippen LogP contribution in [0.5, 0.6) is 0 Å². The second-order valence-corrected chi connectivity index (χ2v) is 5.65. The molecule has 3 N–H and O–H groups in total. The number of aliphatic imine (C=N–C) groups is 1. The van der Waals surface area contributed by atoms with Gasteiger partial charge in [-0.25, -0.2) is 0 Å². The molecular weight excluding hydrogens is 383 g/mol. The van der Waals surface area contributed by atoms with Crippen LogP contribution in [0.1, 0.15) is 25.7 Å². The molecule has 0 spiro atoms. The maximum absolute atomic E-state index is 5.92. The summed E-state index contributed by atoms with van der Waals surface area (Å²) in [7, 11) is 1.68. The van der Waals surface area contributed by atoms with Gasteiger partial charge in [0.2, 0.25) is 0 Å². The molecule has 0 aliphatic carbocycles. The molecule has 0 aromatic heterocycles. The van der Waals surface area contributed by atoms with Crippen molar-refractivity contribution >= 4 is 29.9 Å². The molecule has 0 unspecified atom stereocenters. The summed E-state index contributed by atoms with van der Waals surface area (Å²) < 4.78 is 10.5. The van der Waals surface area contributed by atoms with E-state index in [1.165, 1.54) is 25.9 Å². The normalized spacial score (nSPS) is 22.8. The van der Waals surface area contributed by atoms with Gasteiger partial charge in [0.25, 0.3) is 0 Å². The van der Waals surface area contributed by atoms with Crippen LogP contribution in [0.2, 0.25) is 0 Å². The van der Waals surface area contributed by atoms with Crippen molar-refractivity contribution in [3.05, 3.63) is 0 Å². The lowest BCUT2D eigenvalue weighted by atomic mass is 9.88. The number of nitrogens with zero attached hydrogens (tertiary/aromatic N) is 2. The molecule has 2 aliphatic rings. The van der Waals surface area contributed by atoms with E-state index < -0.39 is 0 Å². The quantitative estimate of drug-likeness (QED) is 0.292. The third-order valence-corrected chi connectivity index (χ3v) is 4.36. The van der Waals surface area contributed by atoms with Crippen molar-refractivity contribution in [2.75, 3.05) is 53.1 Å². The average Bonchev–Trinajstić information content (AvgIpc) is 3.01. The molecule has 21 heavy (non-hydrogen) atoms. The topological polar surface area (TPSA) is 72.1 Å². The molecule has 0 aromatic carbocycles. The highest BCUT2D eigenvalue weighted by Crippen LogP contribution is 2.31. The standard InChI is InChI=1S/C14H28N4O2.HI/c1-19-11-6-16-13(15)17-12-14(4-9-20-10-5-14)18-7-2-3-8-18;/h2-12H2,1H3,(H3,15,16,17);1H. The smallest absolute Gasteiger partial charge is 0.188 e. The van der Waals surface area contributed by atoms with E-state index in [2.05, 4.69) is 15.2 Å². The molecule has 0 radical (unpaired) electrons. The van der Waals surface area contributed by atoms with Crippen molar-refractivity contribution < 1.29 is 9.47 Å². The number of hydrogen-bond acceptors (Lipinski definition) is 4. The van der Waals surface area contributed by atoms with Gasteiger partial charge in [0, 0.05) is 32.4 Å². The van der Waals surface area contributed by atoms with Crippen LogP contribution in [0.4, 0.5) is 0 Å². The first-order chi connectivity index (χ1) is 9.77. The number of rotatable bonds is 6. The summed E-state index contributed by atoms with van der Waals surface area (Å²) in [5.74, 6) is 0.520. The molecule has 0 bridgehead atoms. The Morgan fingerprint density at radius 2 is 2.00 bits per heavy atom. The first-order valence-corrected chi connectivity index (χ1v) is 7.62. The Hall–Kier alpha value is -0.120. The van der Waals surface area contributed by atoms with E-state index in [9.17, 15) is 0 Å². The number of methoxy groups -OCH3 is 1. The van der Waals surface area contributed by atoms with E-state index in [0.717, 1.165) is 32.6 Å². The lowest BCUT2D eigenvalue weighted by Crippen LogP contribution is -2.53. The zero-order valence-corrected chi connectivity index (χ0v) is 15.3. The predicted octanol–water partition coefficient (Wildman–Crippen LogP) is 0.800. The molecule has 7 heteroatoms. The van der Waals surface area contributed by atoms with Gasteiger partial charge in [-0.3, -0.25) is 9.89 Å². The molecule has 0 aromatic rings. The second-order valence-electron chi connectivity index (χ2n) is 5.65. The van der Waals surface area contributed by atoms with Crippen LogP contribution in [0.25, 0.3) is 0 Å². The Balaban J connectivity index is 0.00000220. The number of hydrogen-bond donors (Lipinski definition) is 2. The van der Waals surface area contributed by atoms with Crippen molar-refractivity contribution in [1.82, 2.24) is 10.2 Å². The van der Waals surface area contributed by atoms with Crippen molar-refractivity contribution in [2.45, 2.75) is 31.2 Å². The van der Waals surface area contributed by atoms with Crippen molar-refractivity contribution in [3.8, 4) is 0 Å². The Bertz CT molecular complexity index is 316. The van der Waals surface area contributed by atoms with Gasteiger partial charge in [-0.05, 0) is 38.8 Å². The molecule has 2 aliphatic heterocycles. The Morgan fingerprint density at radius 1 is 1.33 bits per heavy atom. The van der Waals surface area contributed by atoms with Gasteiger partial charge in [-0.15, -0.1) is 24.0 Å². The highest BCUT2D eigenvalue weighted by atomic mass is 127. The third-order valence-electron chi connectivity index (χ3n) is 4.36. The summed E-state index contributed by atoms with van der Waals surface area (Å²) in [5.41, 5.74) is 6.08. The average molecular weight is 412 g/mol. The van der Waals surface area contributed by atoms with Crippen LogP contribution in [-0.2, 0) is 9.47 Å². The molecule has 2 saturated heterocycles. The zero-order valence-electron chi connectivity index (χ0n) is 13.0. The third kappa shape index (κ3) is 5.54. The molecule has 0 saturated carbocycles. The maximum atomic E-state index is 5.92. The number of likely N-dealkylation sites (tertiary alicyclic amines) is 1. The molecule has 0 amide bonds. The van der Waals surface area contributed by atoms with E-state index in [1.807, 2.05) is 0 Å². The fraction of sp³-hybridized carbons (Fsp3) is 0.929. The summed E-state index contributed by atoms with van der Waals surface area (Å²) in [4.78, 5) is 7.17. The molecule has 2 heterocycles. The number of nitrogens with one attached hydrogen (secondary N) is 1. The highest BCUT2D eigenvalue weighted by molar-refractivity contribution is 14.0. The largest absolute Gasteiger partial charge is 0.383 e. The first-order valence-electron chi connectivity index (χ1n) is 7.62. The van der Waals surface area contributed by atoms with Crippen LogP contribution in [0, 0.1) is 0 Å². The van der Waals surface area contributed by atoms with Gasteiger partial charge >= 0.3 is 0 Å². The zero-order chi connectivity index (χ0) is 14.3. The maximum Gasteiger partial charge on any atom is 0.188 e. The van der Waals surface area contributed by atoms with E-state index >= 15 is 0 Å². The van der Waals surface area contributed by atoms with Crippen LogP contribution >= 0.6 is 24.0 Å². The van der Waals surface area contributed by atoms with Crippen molar-refractivity contribution in [2.24, 2.45) is 10.7 Å². The van der Waals surface area contributed by atoms with Gasteiger partial charge in [0.05, 0.1) is 13.2 Å². The minimum absolute atomic E-state index is 0. The number of guanidine groups is 1. The fourth-order valence-electron chi connectivity index (χ4n) is 3.09. The summed E-state index contributed by atoms with van der Waals surface area (Å²) in [6.45, 7) is 6.15. The summed E-state index contributed by atoms with van der Waals surface area (Å²) >= 11 is 0. The minimum atomic E-state index is 0. The summed E-state index contributed by atoms with van der Waals surface area (Å²) in [6, 6.07) is 0. The Morgan fingerprint density at radius 3 is 2.62 bits per heavy atom. The van der Waals surface area contributed by atoms with Crippen LogP contribution in [0.15, 0.2) is 4.99 Å². The molecule has 2 rings (SSSR count). The summed E-state index contributed by atoms with van der Waals surface area (Å²) in [5, 5.41) is 3.08. The molecule has 124 valence electrons. The van der Waals surface area contributed by atoms with E-state index in [4.69, 9.17) is 15.2 Å². The molecular formula is C14H29IN4O2. The Kier molecular flexibility index (Phi) is 8.84. The van der Waals surface area contributed by atoms with Crippen LogP contribution in [-0.4, -0.2) is 69.5 Å². The van der Waals surface area contributed by atoms with E-state index in [1.54, 1.807) is 7.11 Å². The van der Waals surface area contributed by atoms with Crippen LogP contribution in [0.3, 0.4) is 0 Å². The lowest BCUT2D eigenvalue weighted by Gasteiger charge is -2.43. The van der Waals surface area contributed by atoms with E-state index in [0.29, 0.717) is 19.1 Å². The SMILES string of the molecule is COCCNC(N)=NCC1(N2CCCC2)CCOCC1.I. The van der Waals surface area contributed by atoms with Gasteiger partial charge in [-0.1, -0.05) is 0 Å². The lowest BCUT2D eigenvalue weighted by molar-refractivity contribution is -0.0138. The minimum Gasteiger partial charge on any atom is -0.383 e. The second kappa shape index (κ2) is 9.81. The van der Waals surface area contributed by atoms with Gasteiger partial charge in [0.1, 0.15) is 0 Å².